The Kier molecular flexibility index (Phi) is 7.13. The van der Waals surface area contributed by atoms with E-state index in [-0.39, 0.29) is 30.1 Å². The van der Waals surface area contributed by atoms with Gasteiger partial charge in [-0.2, -0.15) is 0 Å². The molecule has 2 heterocycles. The molecule has 2 atom stereocenters. The number of methoxy groups -OCH3 is 1. The highest BCUT2D eigenvalue weighted by Gasteiger charge is 2.41. The fourth-order valence-corrected chi connectivity index (χ4v) is 5.65. The molecule has 2 unspecified atom stereocenters. The first-order valence-corrected chi connectivity index (χ1v) is 11.7. The minimum Gasteiger partial charge on any atom is -0.445 e. The molecule has 0 bridgehead atoms. The van der Waals surface area contributed by atoms with Gasteiger partial charge in [0.05, 0.1) is 18.1 Å². The van der Waals surface area contributed by atoms with Crippen molar-refractivity contribution in [3.63, 3.8) is 0 Å². The third-order valence-corrected chi connectivity index (χ3v) is 7.20. The third-order valence-electron chi connectivity index (χ3n) is 5.45. The number of nitrogens with zero attached hydrogens (tertiary/aromatic N) is 2. The van der Waals surface area contributed by atoms with Crippen molar-refractivity contribution in [1.29, 1.82) is 0 Å². The molecule has 2 aliphatic heterocycles. The predicted octanol–water partition coefficient (Wildman–Crippen LogP) is 1.45. The molecule has 8 nitrogen and oxygen atoms in total. The van der Waals surface area contributed by atoms with Gasteiger partial charge in [0.15, 0.2) is 9.84 Å². The smallest absolute Gasteiger partial charge is 0.410 e. The molecule has 0 spiro atoms. The highest BCUT2D eigenvalue weighted by Crippen LogP contribution is 2.25. The van der Waals surface area contributed by atoms with Crippen molar-refractivity contribution in [2.45, 2.75) is 38.0 Å². The van der Waals surface area contributed by atoms with Crippen LogP contribution >= 0.6 is 0 Å². The Balaban J connectivity index is 1.66. The molecule has 160 valence electrons. The number of ether oxygens (including phenoxy) is 2. The van der Waals surface area contributed by atoms with E-state index < -0.39 is 22.0 Å². The van der Waals surface area contributed by atoms with Gasteiger partial charge in [-0.15, -0.1) is 0 Å². The van der Waals surface area contributed by atoms with Gasteiger partial charge in [0.2, 0.25) is 5.91 Å². The summed E-state index contributed by atoms with van der Waals surface area (Å²) in [5.41, 5.74) is 0.876. The predicted molar refractivity (Wildman–Crippen MR) is 107 cm³/mol. The third kappa shape index (κ3) is 5.48. The van der Waals surface area contributed by atoms with Crippen molar-refractivity contribution >= 4 is 21.8 Å². The molecular formula is C20H28N2O6S. The van der Waals surface area contributed by atoms with Crippen molar-refractivity contribution in [2.24, 2.45) is 0 Å². The number of benzene rings is 1. The molecular weight excluding hydrogens is 396 g/mol. The molecule has 0 radical (unpaired) electrons. The van der Waals surface area contributed by atoms with Crippen LogP contribution in [0, 0.1) is 0 Å². The molecule has 2 aliphatic rings. The lowest BCUT2D eigenvalue weighted by Crippen LogP contribution is -2.52. The molecule has 0 aromatic heterocycles. The second-order valence-electron chi connectivity index (χ2n) is 7.47. The van der Waals surface area contributed by atoms with Gasteiger partial charge in [0.1, 0.15) is 12.6 Å². The number of sulfone groups is 1. The summed E-state index contributed by atoms with van der Waals surface area (Å²) < 4.78 is 34.3. The highest BCUT2D eigenvalue weighted by atomic mass is 32.2. The number of rotatable bonds is 7. The Morgan fingerprint density at radius 1 is 1.21 bits per heavy atom. The Morgan fingerprint density at radius 2 is 1.97 bits per heavy atom. The average Bonchev–Trinajstić information content (AvgIpc) is 3.33. The first-order valence-electron chi connectivity index (χ1n) is 9.88. The maximum Gasteiger partial charge on any atom is 0.410 e. The van der Waals surface area contributed by atoms with Crippen molar-refractivity contribution in [3.8, 4) is 0 Å². The van der Waals surface area contributed by atoms with E-state index in [4.69, 9.17) is 9.47 Å². The Morgan fingerprint density at radius 3 is 2.62 bits per heavy atom. The highest BCUT2D eigenvalue weighted by molar-refractivity contribution is 7.91. The summed E-state index contributed by atoms with van der Waals surface area (Å²) in [6, 6.07) is 8.37. The number of likely N-dealkylation sites (tertiary alicyclic amines) is 1. The number of hydrogen-bond acceptors (Lipinski definition) is 6. The molecule has 9 heteroatoms. The Labute approximate surface area is 171 Å². The van der Waals surface area contributed by atoms with E-state index >= 15 is 0 Å². The molecule has 2 fully saturated rings. The van der Waals surface area contributed by atoms with Crippen LogP contribution in [-0.4, -0.2) is 80.6 Å². The van der Waals surface area contributed by atoms with Crippen molar-refractivity contribution in [1.82, 2.24) is 9.80 Å². The first kappa shape index (κ1) is 21.6. The summed E-state index contributed by atoms with van der Waals surface area (Å²) in [6.07, 6.45) is 1.15. The number of carbonyl (C=O) groups is 2. The zero-order valence-electron chi connectivity index (χ0n) is 16.7. The maximum absolute atomic E-state index is 13.3. The molecule has 29 heavy (non-hydrogen) atoms. The normalized spacial score (nSPS) is 23.1. The average molecular weight is 425 g/mol. The molecule has 0 N–H and O–H groups in total. The van der Waals surface area contributed by atoms with Crippen molar-refractivity contribution in [2.75, 3.05) is 38.3 Å². The van der Waals surface area contributed by atoms with Gasteiger partial charge in [0, 0.05) is 26.2 Å². The number of hydrogen-bond donors (Lipinski definition) is 0. The van der Waals surface area contributed by atoms with E-state index in [2.05, 4.69) is 0 Å². The molecule has 1 aromatic carbocycles. The van der Waals surface area contributed by atoms with Crippen LogP contribution in [0.3, 0.4) is 0 Å². The van der Waals surface area contributed by atoms with Crippen LogP contribution in [0.25, 0.3) is 0 Å². The van der Waals surface area contributed by atoms with E-state index in [1.54, 1.807) is 4.90 Å². The number of carbonyl (C=O) groups excluding carboxylic acids is 2. The fourth-order valence-electron chi connectivity index (χ4n) is 3.92. The Hall–Kier alpha value is -2.13. The van der Waals surface area contributed by atoms with E-state index in [9.17, 15) is 18.0 Å². The molecule has 2 saturated heterocycles. The lowest BCUT2D eigenvalue weighted by Gasteiger charge is -2.33. The lowest BCUT2D eigenvalue weighted by molar-refractivity contribution is -0.138. The molecule has 2 amide bonds. The topological polar surface area (TPSA) is 93.2 Å². The zero-order chi connectivity index (χ0) is 20.9. The van der Waals surface area contributed by atoms with E-state index in [0.717, 1.165) is 5.56 Å². The van der Waals surface area contributed by atoms with E-state index in [0.29, 0.717) is 39.0 Å². The number of amides is 2. The molecule has 3 rings (SSSR count). The summed E-state index contributed by atoms with van der Waals surface area (Å²) in [5, 5.41) is 0. The fraction of sp³-hybridized carbons (Fsp3) is 0.600. The molecule has 0 aliphatic carbocycles. The monoisotopic (exact) mass is 424 g/mol. The van der Waals surface area contributed by atoms with Crippen LogP contribution in [0.1, 0.15) is 24.8 Å². The van der Waals surface area contributed by atoms with Crippen LogP contribution in [0.15, 0.2) is 30.3 Å². The van der Waals surface area contributed by atoms with Gasteiger partial charge in [-0.05, 0) is 24.8 Å². The van der Waals surface area contributed by atoms with E-state index in [1.165, 1.54) is 12.0 Å². The minimum atomic E-state index is -3.13. The van der Waals surface area contributed by atoms with Crippen LogP contribution in [0.2, 0.25) is 0 Å². The first-order chi connectivity index (χ1) is 13.9. The summed E-state index contributed by atoms with van der Waals surface area (Å²) in [4.78, 5) is 28.9. The van der Waals surface area contributed by atoms with Gasteiger partial charge in [0.25, 0.3) is 0 Å². The van der Waals surface area contributed by atoms with Crippen molar-refractivity contribution in [3.05, 3.63) is 35.9 Å². The lowest BCUT2D eigenvalue weighted by atomic mass is 10.1. The van der Waals surface area contributed by atoms with Crippen molar-refractivity contribution < 1.29 is 27.5 Å². The maximum atomic E-state index is 13.3. The standard InChI is InChI=1S/C20H28N2O6S/c1-27-12-11-21(17-9-13-29(25,26)15-17)19(23)18-8-5-10-22(18)20(24)28-14-16-6-3-2-4-7-16/h2-4,6-7,17-18H,5,8-15H2,1H3. The minimum absolute atomic E-state index is 0.0341. The van der Waals surface area contributed by atoms with Crippen LogP contribution in [0.5, 0.6) is 0 Å². The van der Waals surface area contributed by atoms with Gasteiger partial charge in [-0.1, -0.05) is 30.3 Å². The molecule has 1 aromatic rings. The van der Waals surface area contributed by atoms with Gasteiger partial charge >= 0.3 is 6.09 Å². The zero-order valence-corrected chi connectivity index (χ0v) is 17.5. The summed E-state index contributed by atoms with van der Waals surface area (Å²) in [7, 11) is -1.59. The Bertz CT molecular complexity index is 814. The summed E-state index contributed by atoms with van der Waals surface area (Å²) in [5.74, 6) is -0.173. The van der Waals surface area contributed by atoms with Gasteiger partial charge < -0.3 is 14.4 Å². The van der Waals surface area contributed by atoms with Gasteiger partial charge in [-0.25, -0.2) is 13.2 Å². The summed E-state index contributed by atoms with van der Waals surface area (Å²) in [6.45, 7) is 1.21. The van der Waals surface area contributed by atoms with Gasteiger partial charge in [-0.3, -0.25) is 9.69 Å². The summed E-state index contributed by atoms with van der Waals surface area (Å²) >= 11 is 0. The quantitative estimate of drug-likeness (QED) is 0.658. The van der Waals surface area contributed by atoms with Crippen LogP contribution in [0.4, 0.5) is 4.79 Å². The second-order valence-corrected chi connectivity index (χ2v) is 9.70. The second kappa shape index (κ2) is 9.58. The van der Waals surface area contributed by atoms with Crippen LogP contribution < -0.4 is 0 Å². The SMILES string of the molecule is COCCN(C(=O)C1CCCN1C(=O)OCc1ccccc1)C1CCS(=O)(=O)C1. The largest absolute Gasteiger partial charge is 0.445 e. The van der Waals surface area contributed by atoms with Crippen LogP contribution in [-0.2, 0) is 30.7 Å². The molecule has 0 saturated carbocycles. The van der Waals surface area contributed by atoms with E-state index in [1.807, 2.05) is 30.3 Å².